The van der Waals surface area contributed by atoms with Crippen LogP contribution in [-0.2, 0) is 6.54 Å². The predicted octanol–water partition coefficient (Wildman–Crippen LogP) is 4.79. The van der Waals surface area contributed by atoms with Crippen LogP contribution < -0.4 is 0 Å². The average Bonchev–Trinajstić information content (AvgIpc) is 2.69. The van der Waals surface area contributed by atoms with Crippen LogP contribution in [0.25, 0.3) is 11.0 Å². The van der Waals surface area contributed by atoms with E-state index in [1.807, 2.05) is 18.7 Å². The van der Waals surface area contributed by atoms with E-state index in [9.17, 15) is 0 Å². The Balaban J connectivity index is 2.64. The standard InChI is InChI=1S/C15H21ClN2S/c1-10-7-6-8-12-13(10)18(9-15(3,4)19-5)14(17-12)11(2)16/h6-8,11H,9H2,1-5H3. The van der Waals surface area contributed by atoms with Crippen molar-refractivity contribution in [2.45, 2.75) is 44.4 Å². The molecule has 4 heteroatoms. The first kappa shape index (κ1) is 14.7. The Morgan fingerprint density at radius 3 is 2.68 bits per heavy atom. The van der Waals surface area contributed by atoms with Gasteiger partial charge in [-0.1, -0.05) is 12.1 Å². The highest BCUT2D eigenvalue weighted by molar-refractivity contribution is 7.99. The number of benzene rings is 1. The molecule has 0 fully saturated rings. The second-order valence-corrected chi connectivity index (χ2v) is 7.75. The molecule has 0 aliphatic heterocycles. The van der Waals surface area contributed by atoms with Crippen LogP contribution >= 0.6 is 23.4 Å². The monoisotopic (exact) mass is 296 g/mol. The number of rotatable bonds is 4. The first-order valence-electron chi connectivity index (χ1n) is 6.50. The van der Waals surface area contributed by atoms with E-state index in [0.29, 0.717) is 0 Å². The zero-order valence-electron chi connectivity index (χ0n) is 12.2. The summed E-state index contributed by atoms with van der Waals surface area (Å²) in [4.78, 5) is 4.71. The van der Waals surface area contributed by atoms with Gasteiger partial charge in [0.15, 0.2) is 0 Å². The zero-order chi connectivity index (χ0) is 14.2. The number of hydrogen-bond donors (Lipinski definition) is 0. The van der Waals surface area contributed by atoms with Gasteiger partial charge in [-0.15, -0.1) is 11.6 Å². The maximum absolute atomic E-state index is 6.31. The van der Waals surface area contributed by atoms with E-state index in [4.69, 9.17) is 16.6 Å². The maximum Gasteiger partial charge on any atom is 0.127 e. The molecule has 2 nitrogen and oxygen atoms in total. The van der Waals surface area contributed by atoms with E-state index in [-0.39, 0.29) is 10.1 Å². The lowest BCUT2D eigenvalue weighted by Crippen LogP contribution is -2.24. The van der Waals surface area contributed by atoms with Crippen molar-refractivity contribution in [3.63, 3.8) is 0 Å². The maximum atomic E-state index is 6.31. The number of imidazole rings is 1. The number of aryl methyl sites for hydroxylation is 1. The minimum atomic E-state index is -0.0792. The number of thioether (sulfide) groups is 1. The fourth-order valence-electron chi connectivity index (χ4n) is 2.29. The van der Waals surface area contributed by atoms with Crippen LogP contribution in [0.4, 0.5) is 0 Å². The van der Waals surface area contributed by atoms with Crippen LogP contribution in [0.15, 0.2) is 18.2 Å². The second kappa shape index (κ2) is 5.37. The fourth-order valence-corrected chi connectivity index (χ4v) is 2.72. The summed E-state index contributed by atoms with van der Waals surface area (Å²) in [5.41, 5.74) is 3.51. The highest BCUT2D eigenvalue weighted by Crippen LogP contribution is 2.31. The summed E-state index contributed by atoms with van der Waals surface area (Å²) in [5, 5.41) is -0.0792. The Labute approximate surface area is 124 Å². The molecule has 1 heterocycles. The number of nitrogens with zero attached hydrogens (tertiary/aromatic N) is 2. The summed E-state index contributed by atoms with van der Waals surface area (Å²) in [5.74, 6) is 0.966. The Morgan fingerprint density at radius 1 is 1.42 bits per heavy atom. The lowest BCUT2D eigenvalue weighted by molar-refractivity contribution is 0.558. The Bertz CT molecular complexity index is 587. The highest BCUT2D eigenvalue weighted by atomic mass is 35.5. The molecule has 0 spiro atoms. The molecular formula is C15H21ClN2S. The second-order valence-electron chi connectivity index (χ2n) is 5.58. The summed E-state index contributed by atoms with van der Waals surface area (Å²) in [7, 11) is 0. The average molecular weight is 297 g/mol. The molecule has 1 aromatic carbocycles. The molecule has 0 radical (unpaired) electrons. The van der Waals surface area contributed by atoms with Gasteiger partial charge < -0.3 is 4.57 Å². The molecule has 19 heavy (non-hydrogen) atoms. The lowest BCUT2D eigenvalue weighted by Gasteiger charge is -2.25. The summed E-state index contributed by atoms with van der Waals surface area (Å²) in [6, 6.07) is 6.25. The molecule has 1 unspecified atom stereocenters. The highest BCUT2D eigenvalue weighted by Gasteiger charge is 2.23. The minimum Gasteiger partial charge on any atom is -0.325 e. The molecule has 0 saturated carbocycles. The summed E-state index contributed by atoms with van der Waals surface area (Å²) >= 11 is 8.18. The van der Waals surface area contributed by atoms with Gasteiger partial charge in [-0.05, 0) is 45.6 Å². The quantitative estimate of drug-likeness (QED) is 0.755. The summed E-state index contributed by atoms with van der Waals surface area (Å²) in [6.45, 7) is 9.55. The van der Waals surface area contributed by atoms with Crippen molar-refractivity contribution in [1.82, 2.24) is 9.55 Å². The van der Waals surface area contributed by atoms with Gasteiger partial charge in [-0.3, -0.25) is 0 Å². The van der Waals surface area contributed by atoms with Crippen molar-refractivity contribution in [2.75, 3.05) is 6.26 Å². The molecule has 104 valence electrons. The van der Waals surface area contributed by atoms with E-state index in [0.717, 1.165) is 17.9 Å². The molecule has 0 saturated heterocycles. The van der Waals surface area contributed by atoms with E-state index >= 15 is 0 Å². The minimum absolute atomic E-state index is 0.0792. The Kier molecular flexibility index (Phi) is 4.17. The van der Waals surface area contributed by atoms with Crippen molar-refractivity contribution in [3.05, 3.63) is 29.6 Å². The van der Waals surface area contributed by atoms with Gasteiger partial charge in [0.1, 0.15) is 5.82 Å². The van der Waals surface area contributed by atoms with E-state index in [1.54, 1.807) is 0 Å². The van der Waals surface area contributed by atoms with Crippen molar-refractivity contribution >= 4 is 34.4 Å². The van der Waals surface area contributed by atoms with Gasteiger partial charge in [-0.25, -0.2) is 4.98 Å². The smallest absolute Gasteiger partial charge is 0.127 e. The first-order valence-corrected chi connectivity index (χ1v) is 8.17. The number of aromatic nitrogens is 2. The van der Waals surface area contributed by atoms with Gasteiger partial charge in [0.25, 0.3) is 0 Å². The molecule has 1 atom stereocenters. The van der Waals surface area contributed by atoms with Crippen LogP contribution in [0.5, 0.6) is 0 Å². The SMILES string of the molecule is CSC(C)(C)Cn1c(C(C)Cl)nc2cccc(C)c21. The van der Waals surface area contributed by atoms with Crippen molar-refractivity contribution in [1.29, 1.82) is 0 Å². The molecule has 2 aromatic rings. The molecular weight excluding hydrogens is 276 g/mol. The van der Waals surface area contributed by atoms with Gasteiger partial charge in [0, 0.05) is 11.3 Å². The van der Waals surface area contributed by atoms with Crippen LogP contribution in [0.3, 0.4) is 0 Å². The van der Waals surface area contributed by atoms with Crippen LogP contribution in [-0.4, -0.2) is 20.6 Å². The molecule has 0 aliphatic carbocycles. The molecule has 0 amide bonds. The number of halogens is 1. The number of fused-ring (bicyclic) bond motifs is 1. The third-order valence-electron chi connectivity index (χ3n) is 3.45. The lowest BCUT2D eigenvalue weighted by atomic mass is 10.1. The van der Waals surface area contributed by atoms with Gasteiger partial charge in [-0.2, -0.15) is 11.8 Å². The Hall–Kier alpha value is -0.670. The van der Waals surface area contributed by atoms with Crippen molar-refractivity contribution in [2.24, 2.45) is 0 Å². The fraction of sp³-hybridized carbons (Fsp3) is 0.533. The van der Waals surface area contributed by atoms with Crippen LogP contribution in [0.2, 0.25) is 0 Å². The van der Waals surface area contributed by atoms with Gasteiger partial charge in [0.05, 0.1) is 16.4 Å². The largest absolute Gasteiger partial charge is 0.325 e. The summed E-state index contributed by atoms with van der Waals surface area (Å²) < 4.78 is 2.45. The van der Waals surface area contributed by atoms with Gasteiger partial charge >= 0.3 is 0 Å². The van der Waals surface area contributed by atoms with E-state index in [1.165, 1.54) is 11.1 Å². The molecule has 1 aromatic heterocycles. The normalized spacial score (nSPS) is 14.0. The van der Waals surface area contributed by atoms with E-state index < -0.39 is 0 Å². The van der Waals surface area contributed by atoms with Crippen molar-refractivity contribution < 1.29 is 0 Å². The Morgan fingerprint density at radius 2 is 2.11 bits per heavy atom. The number of hydrogen-bond acceptors (Lipinski definition) is 2. The molecule has 0 aliphatic rings. The van der Waals surface area contributed by atoms with Crippen LogP contribution in [0, 0.1) is 6.92 Å². The topological polar surface area (TPSA) is 17.8 Å². The van der Waals surface area contributed by atoms with Crippen molar-refractivity contribution in [3.8, 4) is 0 Å². The third kappa shape index (κ3) is 2.92. The number of alkyl halides is 1. The van der Waals surface area contributed by atoms with Gasteiger partial charge in [0.2, 0.25) is 0 Å². The molecule has 0 N–H and O–H groups in total. The zero-order valence-corrected chi connectivity index (χ0v) is 13.8. The summed E-state index contributed by atoms with van der Waals surface area (Å²) in [6.07, 6.45) is 2.15. The van der Waals surface area contributed by atoms with E-state index in [2.05, 4.69) is 49.8 Å². The third-order valence-corrected chi connectivity index (χ3v) is 4.87. The molecule has 2 rings (SSSR count). The first-order chi connectivity index (χ1) is 8.85. The number of para-hydroxylation sites is 1. The van der Waals surface area contributed by atoms with Crippen LogP contribution in [0.1, 0.15) is 37.5 Å². The predicted molar refractivity (Wildman–Crippen MR) is 86.3 cm³/mol. The molecule has 0 bridgehead atoms.